The van der Waals surface area contributed by atoms with Gasteiger partial charge in [-0.15, -0.1) is 0 Å². The molecule has 0 saturated heterocycles. The number of ketones is 1. The molecule has 9 heteroatoms. The summed E-state index contributed by atoms with van der Waals surface area (Å²) in [6.45, 7) is 0. The number of nitrogens with one attached hydrogen (secondary N) is 2. The smallest absolute Gasteiger partial charge is 0.358 e. The maximum absolute atomic E-state index is 14.1. The molecular formula is C19H10BrF4N3O. The summed E-state index contributed by atoms with van der Waals surface area (Å²) in [7, 11) is 0. The Bertz CT molecular complexity index is 1210. The van der Waals surface area contributed by atoms with Crippen LogP contribution in [-0.4, -0.2) is 20.7 Å². The normalized spacial score (nSPS) is 11.9. The summed E-state index contributed by atoms with van der Waals surface area (Å²) in [5.74, 6) is -1.06. The van der Waals surface area contributed by atoms with Crippen LogP contribution in [0.5, 0.6) is 0 Å². The van der Waals surface area contributed by atoms with Crippen molar-refractivity contribution in [3.05, 3.63) is 75.6 Å². The minimum atomic E-state index is -4.64. The molecule has 0 aliphatic rings. The molecule has 4 nitrogen and oxygen atoms in total. The molecular weight excluding hydrogens is 442 g/mol. The van der Waals surface area contributed by atoms with E-state index in [9.17, 15) is 22.4 Å². The van der Waals surface area contributed by atoms with E-state index in [1.54, 1.807) is 6.07 Å². The van der Waals surface area contributed by atoms with Crippen molar-refractivity contribution < 1.29 is 22.4 Å². The van der Waals surface area contributed by atoms with Crippen molar-refractivity contribution in [3.8, 4) is 11.5 Å². The molecule has 28 heavy (non-hydrogen) atoms. The van der Waals surface area contributed by atoms with E-state index in [-0.39, 0.29) is 21.4 Å². The van der Waals surface area contributed by atoms with Gasteiger partial charge in [-0.1, -0.05) is 18.2 Å². The van der Waals surface area contributed by atoms with Crippen LogP contribution in [0, 0.1) is 5.82 Å². The Morgan fingerprint density at radius 1 is 1.11 bits per heavy atom. The van der Waals surface area contributed by atoms with Crippen molar-refractivity contribution in [2.45, 2.75) is 6.18 Å². The monoisotopic (exact) mass is 451 g/mol. The van der Waals surface area contributed by atoms with E-state index in [0.29, 0.717) is 11.2 Å². The molecule has 4 rings (SSSR count). The van der Waals surface area contributed by atoms with Crippen LogP contribution in [-0.2, 0) is 6.18 Å². The van der Waals surface area contributed by atoms with Crippen LogP contribution in [0.15, 0.2) is 53.1 Å². The number of aromatic amines is 2. The van der Waals surface area contributed by atoms with Crippen molar-refractivity contribution in [2.75, 3.05) is 0 Å². The third-order valence-electron chi connectivity index (χ3n) is 4.22. The lowest BCUT2D eigenvalue weighted by Crippen LogP contribution is -2.13. The lowest BCUT2D eigenvalue weighted by Gasteiger charge is -2.10. The van der Waals surface area contributed by atoms with Crippen LogP contribution in [0.1, 0.15) is 21.5 Å². The summed E-state index contributed by atoms with van der Waals surface area (Å²) in [6, 6.07) is 9.12. The van der Waals surface area contributed by atoms with E-state index >= 15 is 0 Å². The molecule has 0 aliphatic carbocycles. The molecule has 0 unspecified atom stereocenters. The van der Waals surface area contributed by atoms with Gasteiger partial charge in [0.25, 0.3) is 0 Å². The topological polar surface area (TPSA) is 61.5 Å². The van der Waals surface area contributed by atoms with Gasteiger partial charge in [-0.2, -0.15) is 13.2 Å². The highest BCUT2D eigenvalue weighted by Gasteiger charge is 2.35. The highest BCUT2D eigenvalue weighted by Crippen LogP contribution is 2.33. The molecule has 0 fully saturated rings. The lowest BCUT2D eigenvalue weighted by molar-refractivity contribution is -0.137. The Kier molecular flexibility index (Phi) is 4.34. The first kappa shape index (κ1) is 18.4. The number of H-pyrrole nitrogens is 2. The predicted molar refractivity (Wildman–Crippen MR) is 98.4 cm³/mol. The molecule has 0 bridgehead atoms. The van der Waals surface area contributed by atoms with E-state index < -0.39 is 28.9 Å². The summed E-state index contributed by atoms with van der Waals surface area (Å²) in [5.41, 5.74) is -0.512. The maximum atomic E-state index is 14.1. The zero-order valence-corrected chi connectivity index (χ0v) is 15.5. The number of fused-ring (bicyclic) bond motifs is 1. The molecule has 142 valence electrons. The van der Waals surface area contributed by atoms with Gasteiger partial charge in [0.15, 0.2) is 17.4 Å². The Hall–Kier alpha value is -2.94. The van der Waals surface area contributed by atoms with Crippen molar-refractivity contribution in [1.82, 2.24) is 15.0 Å². The van der Waals surface area contributed by atoms with E-state index in [4.69, 9.17) is 0 Å². The van der Waals surface area contributed by atoms with Crippen LogP contribution in [0.3, 0.4) is 0 Å². The highest BCUT2D eigenvalue weighted by atomic mass is 79.9. The number of carbonyl (C=O) groups excluding carboxylic acids is 1. The Balaban J connectivity index is 1.73. The van der Waals surface area contributed by atoms with E-state index in [1.165, 1.54) is 30.5 Å². The second kappa shape index (κ2) is 6.59. The molecule has 2 heterocycles. The Labute approximate surface area is 163 Å². The van der Waals surface area contributed by atoms with E-state index in [1.807, 2.05) is 0 Å². The van der Waals surface area contributed by atoms with Gasteiger partial charge >= 0.3 is 6.18 Å². The standard InChI is InChI=1S/C19H10BrF4N3O/c20-12-5-6-13-16(15(12)21)27-18(26-13)14-7-9(8-25-14)17(28)10-3-1-2-4-11(10)19(22,23)24/h1-8,25H,(H,26,27). The molecule has 4 aromatic rings. The number of benzene rings is 2. The fraction of sp³-hybridized carbons (Fsp3) is 0.0526. The van der Waals surface area contributed by atoms with Crippen molar-refractivity contribution in [3.63, 3.8) is 0 Å². The molecule has 0 spiro atoms. The van der Waals surface area contributed by atoms with Gasteiger partial charge in [-0.05, 0) is 40.2 Å². The molecule has 2 N–H and O–H groups in total. The second-order valence-electron chi connectivity index (χ2n) is 6.02. The quantitative estimate of drug-likeness (QED) is 0.309. The zero-order chi connectivity index (χ0) is 20.1. The van der Waals surface area contributed by atoms with Crippen LogP contribution in [0.4, 0.5) is 17.6 Å². The summed E-state index contributed by atoms with van der Waals surface area (Å²) >= 11 is 3.08. The highest BCUT2D eigenvalue weighted by molar-refractivity contribution is 9.10. The average molecular weight is 452 g/mol. The second-order valence-corrected chi connectivity index (χ2v) is 6.87. The molecule has 0 radical (unpaired) electrons. The van der Waals surface area contributed by atoms with Crippen LogP contribution in [0.2, 0.25) is 0 Å². The van der Waals surface area contributed by atoms with Crippen molar-refractivity contribution in [1.29, 1.82) is 0 Å². The van der Waals surface area contributed by atoms with Crippen LogP contribution < -0.4 is 0 Å². The van der Waals surface area contributed by atoms with E-state index in [0.717, 1.165) is 12.1 Å². The van der Waals surface area contributed by atoms with Gasteiger partial charge in [-0.3, -0.25) is 4.79 Å². The van der Waals surface area contributed by atoms with Gasteiger partial charge in [0, 0.05) is 17.3 Å². The molecule has 2 aromatic carbocycles. The van der Waals surface area contributed by atoms with Gasteiger partial charge < -0.3 is 9.97 Å². The first-order valence-electron chi connectivity index (χ1n) is 7.99. The molecule has 0 saturated carbocycles. The predicted octanol–water partition coefficient (Wildman–Crippen LogP) is 5.71. The number of alkyl halides is 3. The number of hydrogen-bond acceptors (Lipinski definition) is 2. The largest absolute Gasteiger partial charge is 0.417 e. The first-order chi connectivity index (χ1) is 13.3. The third kappa shape index (κ3) is 3.11. The number of halogens is 5. The SMILES string of the molecule is O=C(c1c[nH]c(-c2nc3c(F)c(Br)ccc3[nH]2)c1)c1ccccc1C(F)(F)F. The first-order valence-corrected chi connectivity index (χ1v) is 8.78. The number of hydrogen-bond donors (Lipinski definition) is 2. The molecule has 0 amide bonds. The maximum Gasteiger partial charge on any atom is 0.417 e. The van der Waals surface area contributed by atoms with Crippen LogP contribution >= 0.6 is 15.9 Å². The number of aromatic nitrogens is 3. The van der Waals surface area contributed by atoms with Gasteiger partial charge in [0.2, 0.25) is 0 Å². The number of nitrogens with zero attached hydrogens (tertiary/aromatic N) is 1. The number of rotatable bonds is 3. The fourth-order valence-electron chi connectivity index (χ4n) is 2.89. The number of carbonyl (C=O) groups is 1. The molecule has 0 atom stereocenters. The van der Waals surface area contributed by atoms with E-state index in [2.05, 4.69) is 30.9 Å². The summed E-state index contributed by atoms with van der Waals surface area (Å²) in [4.78, 5) is 22.5. The third-order valence-corrected chi connectivity index (χ3v) is 4.84. The van der Waals surface area contributed by atoms with Gasteiger partial charge in [-0.25, -0.2) is 9.37 Å². The zero-order valence-electron chi connectivity index (χ0n) is 13.9. The molecule has 0 aliphatic heterocycles. The lowest BCUT2D eigenvalue weighted by atomic mass is 9.99. The van der Waals surface area contributed by atoms with Crippen LogP contribution in [0.25, 0.3) is 22.6 Å². The number of imidazole rings is 1. The summed E-state index contributed by atoms with van der Waals surface area (Å²) in [6.07, 6.45) is -3.35. The van der Waals surface area contributed by atoms with Gasteiger partial charge in [0.1, 0.15) is 5.52 Å². The Morgan fingerprint density at radius 2 is 1.86 bits per heavy atom. The minimum absolute atomic E-state index is 0.0359. The average Bonchev–Trinajstić information content (AvgIpc) is 3.31. The summed E-state index contributed by atoms with van der Waals surface area (Å²) in [5, 5.41) is 0. The molecule has 2 aromatic heterocycles. The van der Waals surface area contributed by atoms with Crippen molar-refractivity contribution in [2.24, 2.45) is 0 Å². The Morgan fingerprint density at radius 3 is 2.61 bits per heavy atom. The van der Waals surface area contributed by atoms with Gasteiger partial charge in [0.05, 0.1) is 21.2 Å². The minimum Gasteiger partial charge on any atom is -0.358 e. The fourth-order valence-corrected chi connectivity index (χ4v) is 3.21. The summed E-state index contributed by atoms with van der Waals surface area (Å²) < 4.78 is 53.9. The van der Waals surface area contributed by atoms with Crippen molar-refractivity contribution >= 4 is 32.7 Å².